The predicted molar refractivity (Wildman–Crippen MR) is 60.4 cm³/mol. The Balaban J connectivity index is 2.29. The molecule has 3 heteroatoms. The first-order chi connectivity index (χ1) is 6.88. The van der Waals surface area contributed by atoms with Crippen LogP contribution in [-0.4, -0.2) is 23.2 Å². The Morgan fingerprint density at radius 1 is 1.33 bits per heavy atom. The Morgan fingerprint density at radius 2 is 1.87 bits per heavy atom. The number of aliphatic hydroxyl groups is 1. The highest BCUT2D eigenvalue weighted by Crippen LogP contribution is 2.28. The predicted octanol–water partition coefficient (Wildman–Crippen LogP) is 1.70. The summed E-state index contributed by atoms with van der Waals surface area (Å²) in [6, 6.07) is 0. The van der Waals surface area contributed by atoms with Gasteiger partial charge in [0.2, 0.25) is 5.91 Å². The summed E-state index contributed by atoms with van der Waals surface area (Å²) in [6.45, 7) is 6.00. The summed E-state index contributed by atoms with van der Waals surface area (Å²) in [5.41, 5.74) is -0.808. The molecule has 0 aromatic heterocycles. The van der Waals surface area contributed by atoms with E-state index < -0.39 is 5.60 Å². The van der Waals surface area contributed by atoms with Crippen LogP contribution in [0.1, 0.15) is 46.5 Å². The Labute approximate surface area is 92.3 Å². The third kappa shape index (κ3) is 4.65. The number of carbonyl (C=O) groups excluding carboxylic acids is 1. The first-order valence-electron chi connectivity index (χ1n) is 5.88. The highest BCUT2D eigenvalue weighted by molar-refractivity contribution is 5.78. The molecule has 0 heterocycles. The lowest BCUT2D eigenvalue weighted by Gasteiger charge is -2.26. The van der Waals surface area contributed by atoms with Crippen molar-refractivity contribution in [1.29, 1.82) is 0 Å². The number of hydrogen-bond acceptors (Lipinski definition) is 2. The van der Waals surface area contributed by atoms with E-state index in [0.717, 1.165) is 31.6 Å². The van der Waals surface area contributed by atoms with Crippen LogP contribution >= 0.6 is 0 Å². The Bertz CT molecular complexity index is 212. The monoisotopic (exact) mass is 213 g/mol. The van der Waals surface area contributed by atoms with Gasteiger partial charge in [0.1, 0.15) is 0 Å². The molecule has 0 radical (unpaired) electrons. The van der Waals surface area contributed by atoms with E-state index in [1.54, 1.807) is 13.8 Å². The lowest BCUT2D eigenvalue weighted by atomic mass is 9.82. The molecule has 1 amide bonds. The molecular weight excluding hydrogens is 190 g/mol. The van der Waals surface area contributed by atoms with Crippen molar-refractivity contribution in [3.05, 3.63) is 0 Å². The van der Waals surface area contributed by atoms with Crippen LogP contribution < -0.4 is 5.32 Å². The molecule has 1 aliphatic rings. The molecule has 0 aromatic rings. The van der Waals surface area contributed by atoms with Crippen molar-refractivity contribution < 1.29 is 9.90 Å². The number of nitrogens with one attached hydrogen (secondary N) is 1. The molecule has 0 spiro atoms. The zero-order valence-electron chi connectivity index (χ0n) is 10.0. The molecule has 0 atom stereocenters. The fourth-order valence-electron chi connectivity index (χ4n) is 1.97. The number of hydrogen-bond donors (Lipinski definition) is 2. The first-order valence-corrected chi connectivity index (χ1v) is 5.88. The topological polar surface area (TPSA) is 49.3 Å². The van der Waals surface area contributed by atoms with Crippen molar-refractivity contribution >= 4 is 5.91 Å². The van der Waals surface area contributed by atoms with Gasteiger partial charge >= 0.3 is 0 Å². The van der Waals surface area contributed by atoms with Crippen LogP contribution in [0.4, 0.5) is 0 Å². The zero-order chi connectivity index (χ0) is 11.5. The van der Waals surface area contributed by atoms with Gasteiger partial charge in [0.25, 0.3) is 0 Å². The highest BCUT2D eigenvalue weighted by atomic mass is 16.3. The lowest BCUT2D eigenvalue weighted by molar-refractivity contribution is -0.127. The van der Waals surface area contributed by atoms with E-state index >= 15 is 0 Å². The summed E-state index contributed by atoms with van der Waals surface area (Å²) in [4.78, 5) is 11.7. The minimum Gasteiger partial charge on any atom is -0.389 e. The number of amides is 1. The third-order valence-electron chi connectivity index (χ3n) is 3.08. The fraction of sp³-hybridized carbons (Fsp3) is 0.917. The Kier molecular flexibility index (Phi) is 4.14. The van der Waals surface area contributed by atoms with Crippen molar-refractivity contribution in [3.63, 3.8) is 0 Å². The van der Waals surface area contributed by atoms with Gasteiger partial charge in [0, 0.05) is 12.5 Å². The van der Waals surface area contributed by atoms with Gasteiger partial charge in [-0.1, -0.05) is 6.92 Å². The van der Waals surface area contributed by atoms with Crippen molar-refractivity contribution in [1.82, 2.24) is 5.32 Å². The normalized spacial score (nSPS) is 27.5. The van der Waals surface area contributed by atoms with E-state index in [1.807, 2.05) is 0 Å². The van der Waals surface area contributed by atoms with Gasteiger partial charge in [0.05, 0.1) is 5.60 Å². The van der Waals surface area contributed by atoms with E-state index in [1.165, 1.54) is 0 Å². The fourth-order valence-corrected chi connectivity index (χ4v) is 1.97. The Morgan fingerprint density at radius 3 is 2.33 bits per heavy atom. The molecule has 15 heavy (non-hydrogen) atoms. The molecule has 0 bridgehead atoms. The van der Waals surface area contributed by atoms with Crippen molar-refractivity contribution in [2.75, 3.05) is 6.54 Å². The molecule has 88 valence electrons. The average molecular weight is 213 g/mol. The maximum Gasteiger partial charge on any atom is 0.223 e. The maximum absolute atomic E-state index is 11.7. The highest BCUT2D eigenvalue weighted by Gasteiger charge is 2.25. The van der Waals surface area contributed by atoms with E-state index in [2.05, 4.69) is 12.2 Å². The standard InChI is InChI=1S/C12H23NO2/c1-9-4-6-10(7-5-9)11(14)13-8-12(2,3)15/h9-10,15H,4-8H2,1-3H3,(H,13,14)/t9-,10-. The van der Waals surface area contributed by atoms with Crippen LogP contribution in [0.15, 0.2) is 0 Å². The molecule has 1 fully saturated rings. The molecule has 0 saturated heterocycles. The molecule has 2 N–H and O–H groups in total. The molecule has 3 nitrogen and oxygen atoms in total. The molecule has 0 aromatic carbocycles. The summed E-state index contributed by atoms with van der Waals surface area (Å²) in [6.07, 6.45) is 4.30. The lowest BCUT2D eigenvalue weighted by Crippen LogP contribution is -2.41. The number of carbonyl (C=O) groups is 1. The van der Waals surface area contributed by atoms with E-state index in [-0.39, 0.29) is 11.8 Å². The van der Waals surface area contributed by atoms with Crippen molar-refractivity contribution in [2.45, 2.75) is 52.1 Å². The minimum atomic E-state index is -0.808. The van der Waals surface area contributed by atoms with Gasteiger partial charge in [-0.3, -0.25) is 4.79 Å². The van der Waals surface area contributed by atoms with Crippen molar-refractivity contribution in [2.24, 2.45) is 11.8 Å². The van der Waals surface area contributed by atoms with E-state index in [9.17, 15) is 9.90 Å². The van der Waals surface area contributed by atoms with Crippen LogP contribution in [-0.2, 0) is 4.79 Å². The quantitative estimate of drug-likeness (QED) is 0.749. The Hall–Kier alpha value is -0.570. The second kappa shape index (κ2) is 4.97. The second-order valence-electron chi connectivity index (χ2n) is 5.49. The summed E-state index contributed by atoms with van der Waals surface area (Å²) in [7, 11) is 0. The van der Waals surface area contributed by atoms with Gasteiger partial charge in [-0.15, -0.1) is 0 Å². The summed E-state index contributed by atoms with van der Waals surface area (Å²) < 4.78 is 0. The summed E-state index contributed by atoms with van der Waals surface area (Å²) >= 11 is 0. The van der Waals surface area contributed by atoms with Crippen LogP contribution in [0, 0.1) is 11.8 Å². The second-order valence-corrected chi connectivity index (χ2v) is 5.49. The smallest absolute Gasteiger partial charge is 0.223 e. The maximum atomic E-state index is 11.7. The zero-order valence-corrected chi connectivity index (χ0v) is 10.0. The van der Waals surface area contributed by atoms with Crippen LogP contribution in [0.5, 0.6) is 0 Å². The molecular formula is C12H23NO2. The van der Waals surface area contributed by atoms with Gasteiger partial charge in [-0.05, 0) is 45.4 Å². The van der Waals surface area contributed by atoms with Crippen molar-refractivity contribution in [3.8, 4) is 0 Å². The third-order valence-corrected chi connectivity index (χ3v) is 3.08. The molecule has 1 saturated carbocycles. The van der Waals surface area contributed by atoms with Gasteiger partial charge < -0.3 is 10.4 Å². The van der Waals surface area contributed by atoms with Gasteiger partial charge in [0.15, 0.2) is 0 Å². The summed E-state index contributed by atoms with van der Waals surface area (Å²) in [5.74, 6) is 1.05. The van der Waals surface area contributed by atoms with Gasteiger partial charge in [-0.2, -0.15) is 0 Å². The molecule has 0 aliphatic heterocycles. The minimum absolute atomic E-state index is 0.115. The average Bonchev–Trinajstić information content (AvgIpc) is 2.14. The molecule has 1 aliphatic carbocycles. The SMILES string of the molecule is CC(C)(O)CNC(=O)[C@H]1CC[C@H](C)CC1. The summed E-state index contributed by atoms with van der Waals surface area (Å²) in [5, 5.41) is 12.3. The van der Waals surface area contributed by atoms with Gasteiger partial charge in [-0.25, -0.2) is 0 Å². The van der Waals surface area contributed by atoms with Crippen LogP contribution in [0.2, 0.25) is 0 Å². The molecule has 1 rings (SSSR count). The first kappa shape index (κ1) is 12.5. The van der Waals surface area contributed by atoms with E-state index in [0.29, 0.717) is 6.54 Å². The molecule has 0 unspecified atom stereocenters. The van der Waals surface area contributed by atoms with Crippen LogP contribution in [0.3, 0.4) is 0 Å². The van der Waals surface area contributed by atoms with E-state index in [4.69, 9.17) is 0 Å². The largest absolute Gasteiger partial charge is 0.389 e. The number of rotatable bonds is 3. The van der Waals surface area contributed by atoms with Crippen LogP contribution in [0.25, 0.3) is 0 Å².